The Bertz CT molecular complexity index is 949. The quantitative estimate of drug-likeness (QED) is 0.372. The lowest BCUT2D eigenvalue weighted by molar-refractivity contribution is -0.139. The Kier molecular flexibility index (Phi) is 10.2. The standard InChI is InChI=1S/C25H29Cl3N2O2S/c1-2-23(25(32)29-21-5-3-4-6-21)30(14-18-9-12-20(27)13-22(18)28)24(31)16-33-15-17-7-10-19(26)11-8-17/h7-13,21,23H,2-6,14-16H2,1H3,(H,29,32)/t23-/m0/s1. The van der Waals surface area contributed by atoms with Crippen molar-refractivity contribution in [2.24, 2.45) is 0 Å². The Morgan fingerprint density at radius 1 is 1.06 bits per heavy atom. The third kappa shape index (κ3) is 7.81. The molecule has 4 nitrogen and oxygen atoms in total. The van der Waals surface area contributed by atoms with E-state index in [1.807, 2.05) is 37.3 Å². The molecule has 178 valence electrons. The van der Waals surface area contributed by atoms with Crippen molar-refractivity contribution in [1.29, 1.82) is 0 Å². The molecule has 1 N–H and O–H groups in total. The van der Waals surface area contributed by atoms with Crippen LogP contribution in [0.1, 0.15) is 50.2 Å². The Balaban J connectivity index is 1.72. The Hall–Kier alpha value is -1.40. The Labute approximate surface area is 215 Å². The van der Waals surface area contributed by atoms with Gasteiger partial charge in [-0.05, 0) is 54.7 Å². The fourth-order valence-electron chi connectivity index (χ4n) is 4.04. The van der Waals surface area contributed by atoms with Crippen molar-refractivity contribution < 1.29 is 9.59 Å². The molecule has 1 aliphatic carbocycles. The average Bonchev–Trinajstić information content (AvgIpc) is 3.29. The summed E-state index contributed by atoms with van der Waals surface area (Å²) >= 11 is 19.9. The largest absolute Gasteiger partial charge is 0.352 e. The zero-order valence-electron chi connectivity index (χ0n) is 18.7. The highest BCUT2D eigenvalue weighted by molar-refractivity contribution is 7.99. The maximum absolute atomic E-state index is 13.3. The van der Waals surface area contributed by atoms with Crippen LogP contribution in [0.25, 0.3) is 0 Å². The molecule has 0 unspecified atom stereocenters. The Morgan fingerprint density at radius 2 is 1.73 bits per heavy atom. The number of amides is 2. The fourth-order valence-corrected chi connectivity index (χ4v) is 5.51. The number of thioether (sulfide) groups is 1. The molecule has 0 spiro atoms. The predicted octanol–water partition coefficient (Wildman–Crippen LogP) is 6.75. The first-order valence-electron chi connectivity index (χ1n) is 11.2. The lowest BCUT2D eigenvalue weighted by atomic mass is 10.1. The number of hydrogen-bond acceptors (Lipinski definition) is 3. The maximum atomic E-state index is 13.3. The van der Waals surface area contributed by atoms with Crippen LogP contribution in [-0.4, -0.2) is 34.6 Å². The van der Waals surface area contributed by atoms with Crippen molar-refractivity contribution in [3.8, 4) is 0 Å². The molecule has 0 saturated heterocycles. The van der Waals surface area contributed by atoms with Gasteiger partial charge in [0, 0.05) is 33.4 Å². The molecule has 3 rings (SSSR count). The highest BCUT2D eigenvalue weighted by atomic mass is 35.5. The number of hydrogen-bond donors (Lipinski definition) is 1. The zero-order chi connectivity index (χ0) is 23.8. The summed E-state index contributed by atoms with van der Waals surface area (Å²) < 4.78 is 0. The lowest BCUT2D eigenvalue weighted by Crippen LogP contribution is -2.51. The first kappa shape index (κ1) is 26.2. The van der Waals surface area contributed by atoms with Gasteiger partial charge in [0.05, 0.1) is 5.75 Å². The van der Waals surface area contributed by atoms with Gasteiger partial charge in [0.2, 0.25) is 11.8 Å². The van der Waals surface area contributed by atoms with Crippen molar-refractivity contribution in [2.45, 2.75) is 63.4 Å². The number of halogens is 3. The van der Waals surface area contributed by atoms with Gasteiger partial charge in [-0.15, -0.1) is 11.8 Å². The summed E-state index contributed by atoms with van der Waals surface area (Å²) in [6.07, 6.45) is 4.78. The second-order valence-corrected chi connectivity index (χ2v) is 10.6. The minimum absolute atomic E-state index is 0.0894. The van der Waals surface area contributed by atoms with Crippen LogP contribution in [0.4, 0.5) is 0 Å². The van der Waals surface area contributed by atoms with Crippen LogP contribution in [0.3, 0.4) is 0 Å². The molecule has 1 fully saturated rings. The second-order valence-electron chi connectivity index (χ2n) is 8.29. The van der Waals surface area contributed by atoms with Gasteiger partial charge in [0.25, 0.3) is 0 Å². The Morgan fingerprint density at radius 3 is 2.36 bits per heavy atom. The number of nitrogens with zero attached hydrogens (tertiary/aromatic N) is 1. The molecular weight excluding hydrogens is 499 g/mol. The van der Waals surface area contributed by atoms with E-state index in [9.17, 15) is 9.59 Å². The van der Waals surface area contributed by atoms with E-state index in [0.29, 0.717) is 27.2 Å². The second kappa shape index (κ2) is 12.9. The maximum Gasteiger partial charge on any atom is 0.243 e. The summed E-state index contributed by atoms with van der Waals surface area (Å²) in [6, 6.07) is 12.5. The number of benzene rings is 2. The molecule has 2 aromatic rings. The van der Waals surface area contributed by atoms with Crippen LogP contribution in [0.5, 0.6) is 0 Å². The molecule has 2 amide bonds. The van der Waals surface area contributed by atoms with E-state index in [4.69, 9.17) is 34.8 Å². The van der Waals surface area contributed by atoms with Gasteiger partial charge in [-0.3, -0.25) is 9.59 Å². The molecule has 1 saturated carbocycles. The van der Waals surface area contributed by atoms with Crippen molar-refractivity contribution in [3.05, 3.63) is 68.7 Å². The predicted molar refractivity (Wildman–Crippen MR) is 139 cm³/mol. The van der Waals surface area contributed by atoms with Gasteiger partial charge in [-0.25, -0.2) is 0 Å². The fraction of sp³-hybridized carbons (Fsp3) is 0.440. The number of nitrogens with one attached hydrogen (secondary N) is 1. The van der Waals surface area contributed by atoms with Gasteiger partial charge in [-0.1, -0.05) is 72.8 Å². The van der Waals surface area contributed by atoms with Crippen LogP contribution < -0.4 is 5.32 Å². The third-order valence-corrected chi connectivity index (χ3v) is 7.68. The number of carbonyl (C=O) groups excluding carboxylic acids is 2. The molecule has 1 atom stereocenters. The van der Waals surface area contributed by atoms with Gasteiger partial charge >= 0.3 is 0 Å². The van der Waals surface area contributed by atoms with Gasteiger partial charge in [-0.2, -0.15) is 0 Å². The topological polar surface area (TPSA) is 49.4 Å². The monoisotopic (exact) mass is 526 g/mol. The smallest absolute Gasteiger partial charge is 0.243 e. The summed E-state index contributed by atoms with van der Waals surface area (Å²) in [5.41, 5.74) is 1.86. The van der Waals surface area contributed by atoms with Gasteiger partial charge < -0.3 is 10.2 Å². The van der Waals surface area contributed by atoms with Crippen molar-refractivity contribution >= 4 is 58.4 Å². The molecule has 0 heterocycles. The minimum atomic E-state index is -0.555. The van der Waals surface area contributed by atoms with Crippen molar-refractivity contribution in [1.82, 2.24) is 10.2 Å². The number of rotatable bonds is 10. The SMILES string of the molecule is CC[C@@H](C(=O)NC1CCCC1)N(Cc1ccc(Cl)cc1Cl)C(=O)CSCc1ccc(Cl)cc1. The van der Waals surface area contributed by atoms with E-state index >= 15 is 0 Å². The molecule has 0 aromatic heterocycles. The molecule has 8 heteroatoms. The lowest BCUT2D eigenvalue weighted by Gasteiger charge is -2.31. The van der Waals surface area contributed by atoms with Crippen LogP contribution >= 0.6 is 46.6 Å². The van der Waals surface area contributed by atoms with E-state index in [1.54, 1.807) is 17.0 Å². The summed E-state index contributed by atoms with van der Waals surface area (Å²) in [5.74, 6) is 0.767. The zero-order valence-corrected chi connectivity index (χ0v) is 21.7. The highest BCUT2D eigenvalue weighted by Gasteiger charge is 2.30. The summed E-state index contributed by atoms with van der Waals surface area (Å²) in [6.45, 7) is 2.19. The first-order valence-corrected chi connectivity index (χ1v) is 13.5. The van der Waals surface area contributed by atoms with Crippen molar-refractivity contribution in [3.63, 3.8) is 0 Å². The molecule has 2 aromatic carbocycles. The molecule has 0 bridgehead atoms. The van der Waals surface area contributed by atoms with Crippen LogP contribution in [0.2, 0.25) is 15.1 Å². The molecular formula is C25H29Cl3N2O2S. The number of carbonyl (C=O) groups is 2. The van der Waals surface area contributed by atoms with Crippen LogP contribution in [0.15, 0.2) is 42.5 Å². The molecule has 0 radical (unpaired) electrons. The van der Waals surface area contributed by atoms with E-state index in [-0.39, 0.29) is 30.2 Å². The van der Waals surface area contributed by atoms with E-state index in [2.05, 4.69) is 5.32 Å². The average molecular weight is 528 g/mol. The van der Waals surface area contributed by atoms with E-state index in [0.717, 1.165) is 36.8 Å². The molecule has 1 aliphatic rings. The van der Waals surface area contributed by atoms with Crippen molar-refractivity contribution in [2.75, 3.05) is 5.75 Å². The van der Waals surface area contributed by atoms with Crippen LogP contribution in [0, 0.1) is 0 Å². The summed E-state index contributed by atoms with van der Waals surface area (Å²) in [7, 11) is 0. The summed E-state index contributed by atoms with van der Waals surface area (Å²) in [4.78, 5) is 28.2. The van der Waals surface area contributed by atoms with Gasteiger partial charge in [0.1, 0.15) is 6.04 Å². The van der Waals surface area contributed by atoms with E-state index in [1.165, 1.54) is 11.8 Å². The minimum Gasteiger partial charge on any atom is -0.352 e. The molecule has 0 aliphatic heterocycles. The van der Waals surface area contributed by atoms with Crippen LogP contribution in [-0.2, 0) is 21.9 Å². The first-order chi connectivity index (χ1) is 15.9. The summed E-state index contributed by atoms with van der Waals surface area (Å²) in [5, 5.41) is 4.86. The van der Waals surface area contributed by atoms with E-state index < -0.39 is 6.04 Å². The van der Waals surface area contributed by atoms with Gasteiger partial charge in [0.15, 0.2) is 0 Å². The highest BCUT2D eigenvalue weighted by Crippen LogP contribution is 2.25. The molecule has 33 heavy (non-hydrogen) atoms. The normalized spacial score (nSPS) is 14.8. The third-order valence-electron chi connectivity index (χ3n) is 5.85.